The molecule has 1 fully saturated rings. The van der Waals surface area contributed by atoms with Gasteiger partial charge in [-0.05, 0) is 18.9 Å². The lowest BCUT2D eigenvalue weighted by atomic mass is 10.1. The molecule has 2 heterocycles. The molecule has 168 valence electrons. The number of fused-ring (bicyclic) bond motifs is 1. The van der Waals surface area contributed by atoms with Crippen molar-refractivity contribution in [1.29, 1.82) is 0 Å². The van der Waals surface area contributed by atoms with Crippen LogP contribution in [0.15, 0.2) is 47.3 Å². The molecule has 8 nitrogen and oxygen atoms in total. The van der Waals surface area contributed by atoms with Crippen LogP contribution in [-0.2, 0) is 11.3 Å². The fourth-order valence-corrected chi connectivity index (χ4v) is 4.06. The van der Waals surface area contributed by atoms with E-state index < -0.39 is 0 Å². The summed E-state index contributed by atoms with van der Waals surface area (Å²) >= 11 is 0. The molecular weight excluding hydrogens is 408 g/mol. The predicted molar refractivity (Wildman–Crippen MR) is 125 cm³/mol. The number of anilines is 2. The lowest BCUT2D eigenvalue weighted by molar-refractivity contribution is -0.117. The van der Waals surface area contributed by atoms with E-state index in [1.54, 1.807) is 38.5 Å². The van der Waals surface area contributed by atoms with Crippen LogP contribution in [0.1, 0.15) is 25.7 Å². The Morgan fingerprint density at radius 1 is 0.969 bits per heavy atom. The van der Waals surface area contributed by atoms with E-state index in [0.717, 1.165) is 37.1 Å². The minimum atomic E-state index is -0.355. The summed E-state index contributed by atoms with van der Waals surface area (Å²) < 4.78 is 11.8. The van der Waals surface area contributed by atoms with Crippen LogP contribution in [0.4, 0.5) is 11.5 Å². The SMILES string of the molecule is COc1cc(NC(=O)Cn2nc(N3CCCCCC3)c3ccccc3c2=O)cc(OC)c1. The molecule has 0 atom stereocenters. The summed E-state index contributed by atoms with van der Waals surface area (Å²) in [5.41, 5.74) is 0.241. The highest BCUT2D eigenvalue weighted by Crippen LogP contribution is 2.26. The Hall–Kier alpha value is -3.55. The first-order valence-electron chi connectivity index (χ1n) is 10.9. The van der Waals surface area contributed by atoms with Gasteiger partial charge in [0.15, 0.2) is 5.82 Å². The third-order valence-electron chi connectivity index (χ3n) is 5.68. The van der Waals surface area contributed by atoms with Gasteiger partial charge in [0.05, 0.1) is 19.6 Å². The number of amides is 1. The summed E-state index contributed by atoms with van der Waals surface area (Å²) in [7, 11) is 3.09. The average Bonchev–Trinajstić information content (AvgIpc) is 3.10. The second-order valence-corrected chi connectivity index (χ2v) is 7.88. The van der Waals surface area contributed by atoms with Gasteiger partial charge in [0, 0.05) is 42.4 Å². The number of benzene rings is 2. The first-order valence-corrected chi connectivity index (χ1v) is 10.9. The van der Waals surface area contributed by atoms with Crippen LogP contribution >= 0.6 is 0 Å². The second-order valence-electron chi connectivity index (χ2n) is 7.88. The van der Waals surface area contributed by atoms with Crippen molar-refractivity contribution in [3.05, 3.63) is 52.8 Å². The molecule has 32 heavy (non-hydrogen) atoms. The van der Waals surface area contributed by atoms with Crippen LogP contribution in [0.5, 0.6) is 11.5 Å². The molecule has 1 aliphatic heterocycles. The molecule has 0 radical (unpaired) electrons. The standard InChI is InChI=1S/C24H28N4O4/c1-31-18-13-17(14-19(15-18)32-2)25-22(29)16-28-24(30)21-10-6-5-9-20(21)23(26-28)27-11-7-3-4-8-12-27/h5-6,9-10,13-15H,3-4,7-8,11-12,16H2,1-2H3,(H,25,29). The van der Waals surface area contributed by atoms with Gasteiger partial charge in [-0.15, -0.1) is 0 Å². The number of methoxy groups -OCH3 is 2. The average molecular weight is 437 g/mol. The number of nitrogens with one attached hydrogen (secondary N) is 1. The fraction of sp³-hybridized carbons (Fsp3) is 0.375. The van der Waals surface area contributed by atoms with Gasteiger partial charge in [-0.2, -0.15) is 5.10 Å². The van der Waals surface area contributed by atoms with E-state index in [4.69, 9.17) is 9.47 Å². The van der Waals surface area contributed by atoms with Gasteiger partial charge in [-0.3, -0.25) is 9.59 Å². The molecule has 1 amide bonds. The summed E-state index contributed by atoms with van der Waals surface area (Å²) in [5, 5.41) is 8.84. The van der Waals surface area contributed by atoms with Crippen molar-refractivity contribution in [3.8, 4) is 11.5 Å². The number of carbonyl (C=O) groups is 1. The van der Waals surface area contributed by atoms with Crippen molar-refractivity contribution in [1.82, 2.24) is 9.78 Å². The van der Waals surface area contributed by atoms with Crippen molar-refractivity contribution in [2.24, 2.45) is 0 Å². The molecular formula is C24H28N4O4. The van der Waals surface area contributed by atoms with E-state index in [-0.39, 0.29) is 18.0 Å². The highest BCUT2D eigenvalue weighted by molar-refractivity contribution is 5.93. The van der Waals surface area contributed by atoms with Gasteiger partial charge in [-0.1, -0.05) is 31.0 Å². The van der Waals surface area contributed by atoms with E-state index in [1.807, 2.05) is 18.2 Å². The summed E-state index contributed by atoms with van der Waals surface area (Å²) in [6.07, 6.45) is 4.57. The van der Waals surface area contributed by atoms with E-state index in [2.05, 4.69) is 15.3 Å². The number of hydrogen-bond acceptors (Lipinski definition) is 6. The monoisotopic (exact) mass is 436 g/mol. The Kier molecular flexibility index (Phi) is 6.58. The number of ether oxygens (including phenoxy) is 2. The van der Waals surface area contributed by atoms with Crippen LogP contribution in [0.25, 0.3) is 10.8 Å². The highest BCUT2D eigenvalue weighted by atomic mass is 16.5. The minimum Gasteiger partial charge on any atom is -0.497 e. The van der Waals surface area contributed by atoms with Gasteiger partial charge in [0.25, 0.3) is 5.56 Å². The van der Waals surface area contributed by atoms with Gasteiger partial charge in [0.2, 0.25) is 5.91 Å². The van der Waals surface area contributed by atoms with Crippen LogP contribution in [0.3, 0.4) is 0 Å². The van der Waals surface area contributed by atoms with Crippen molar-refractivity contribution in [2.45, 2.75) is 32.2 Å². The van der Waals surface area contributed by atoms with Crippen molar-refractivity contribution in [2.75, 3.05) is 37.5 Å². The number of rotatable bonds is 6. The second kappa shape index (κ2) is 9.72. The quantitative estimate of drug-likeness (QED) is 0.637. The maximum atomic E-state index is 13.1. The van der Waals surface area contributed by atoms with E-state index in [1.165, 1.54) is 17.5 Å². The van der Waals surface area contributed by atoms with Crippen LogP contribution in [0.2, 0.25) is 0 Å². The van der Waals surface area contributed by atoms with Gasteiger partial charge < -0.3 is 19.7 Å². The van der Waals surface area contributed by atoms with Crippen molar-refractivity contribution < 1.29 is 14.3 Å². The largest absolute Gasteiger partial charge is 0.497 e. The Morgan fingerprint density at radius 3 is 2.22 bits per heavy atom. The van der Waals surface area contributed by atoms with Crippen molar-refractivity contribution in [3.63, 3.8) is 0 Å². The molecule has 1 saturated heterocycles. The molecule has 0 spiro atoms. The van der Waals surface area contributed by atoms with E-state index in [9.17, 15) is 9.59 Å². The zero-order valence-electron chi connectivity index (χ0n) is 18.5. The number of carbonyl (C=O) groups excluding carboxylic acids is 1. The first-order chi connectivity index (χ1) is 15.6. The van der Waals surface area contributed by atoms with Gasteiger partial charge in [-0.25, -0.2) is 4.68 Å². The Balaban J connectivity index is 1.65. The van der Waals surface area contributed by atoms with Gasteiger partial charge >= 0.3 is 0 Å². The first kappa shape index (κ1) is 21.7. The summed E-state index contributed by atoms with van der Waals surface area (Å²) in [6, 6.07) is 12.6. The maximum Gasteiger partial charge on any atom is 0.275 e. The summed E-state index contributed by atoms with van der Waals surface area (Å²) in [5.74, 6) is 1.53. The van der Waals surface area contributed by atoms with Crippen LogP contribution in [0, 0.1) is 0 Å². The molecule has 1 aliphatic rings. The summed E-state index contributed by atoms with van der Waals surface area (Å²) in [6.45, 7) is 1.60. The molecule has 0 saturated carbocycles. The molecule has 0 unspecified atom stereocenters. The molecule has 8 heteroatoms. The zero-order chi connectivity index (χ0) is 22.5. The lowest BCUT2D eigenvalue weighted by Crippen LogP contribution is -2.33. The predicted octanol–water partition coefficient (Wildman–Crippen LogP) is 3.43. The van der Waals surface area contributed by atoms with Crippen molar-refractivity contribution >= 4 is 28.2 Å². The maximum absolute atomic E-state index is 13.1. The Morgan fingerprint density at radius 2 is 1.59 bits per heavy atom. The van der Waals surface area contributed by atoms with Crippen LogP contribution in [-0.4, -0.2) is 43.0 Å². The Labute approximate surface area is 186 Å². The summed E-state index contributed by atoms with van der Waals surface area (Å²) in [4.78, 5) is 28.1. The normalized spacial score (nSPS) is 14.1. The molecule has 0 bridgehead atoms. The molecule has 4 rings (SSSR count). The topological polar surface area (TPSA) is 85.7 Å². The number of hydrogen-bond donors (Lipinski definition) is 1. The number of aromatic nitrogens is 2. The number of nitrogens with zero attached hydrogens (tertiary/aromatic N) is 3. The minimum absolute atomic E-state index is 0.190. The molecule has 1 aromatic heterocycles. The van der Waals surface area contributed by atoms with E-state index in [0.29, 0.717) is 22.6 Å². The zero-order valence-corrected chi connectivity index (χ0v) is 18.5. The Bertz CT molecular complexity index is 1140. The smallest absolute Gasteiger partial charge is 0.275 e. The third-order valence-corrected chi connectivity index (χ3v) is 5.68. The molecule has 0 aliphatic carbocycles. The highest BCUT2D eigenvalue weighted by Gasteiger charge is 2.19. The third kappa shape index (κ3) is 4.69. The molecule has 2 aromatic carbocycles. The van der Waals surface area contributed by atoms with E-state index >= 15 is 0 Å². The molecule has 3 aromatic rings. The fourth-order valence-electron chi connectivity index (χ4n) is 4.06. The lowest BCUT2D eigenvalue weighted by Gasteiger charge is -2.23. The molecule has 1 N–H and O–H groups in total. The van der Waals surface area contributed by atoms with Crippen LogP contribution < -0.4 is 25.2 Å². The van der Waals surface area contributed by atoms with Gasteiger partial charge in [0.1, 0.15) is 18.0 Å².